The predicted molar refractivity (Wildman–Crippen MR) is 74.0 cm³/mol. The van der Waals surface area contributed by atoms with Gasteiger partial charge in [-0.2, -0.15) is 0 Å². The average Bonchev–Trinajstić information content (AvgIpc) is 2.23. The molecule has 16 heavy (non-hydrogen) atoms. The molecule has 96 valence electrons. The van der Waals surface area contributed by atoms with E-state index in [0.29, 0.717) is 0 Å². The van der Waals surface area contributed by atoms with E-state index in [1.165, 1.54) is 49.4 Å². The Morgan fingerprint density at radius 3 is 2.38 bits per heavy atom. The summed E-state index contributed by atoms with van der Waals surface area (Å²) in [5.74, 6) is 0. The summed E-state index contributed by atoms with van der Waals surface area (Å²) in [4.78, 5) is 0. The van der Waals surface area contributed by atoms with Crippen LogP contribution in [0.3, 0.4) is 0 Å². The molecule has 1 atom stereocenters. The Hall–Kier alpha value is 0.490. The number of aliphatic hydroxyl groups is 1. The van der Waals surface area contributed by atoms with E-state index in [4.69, 9.17) is 0 Å². The summed E-state index contributed by atoms with van der Waals surface area (Å²) in [5, 5.41) is 9.43. The first kappa shape index (κ1) is 16.5. The van der Waals surface area contributed by atoms with Gasteiger partial charge in [-0.25, -0.2) is 0 Å². The third-order valence-electron chi connectivity index (χ3n) is 2.49. The molecular formula is C14H28OTe. The van der Waals surface area contributed by atoms with Crippen LogP contribution in [0.25, 0.3) is 0 Å². The Morgan fingerprint density at radius 1 is 1.12 bits per heavy atom. The van der Waals surface area contributed by atoms with Gasteiger partial charge in [-0.3, -0.25) is 0 Å². The molecule has 0 heterocycles. The first-order valence-electron chi connectivity index (χ1n) is 6.72. The van der Waals surface area contributed by atoms with Crippen molar-refractivity contribution in [2.24, 2.45) is 0 Å². The van der Waals surface area contributed by atoms with E-state index in [9.17, 15) is 5.11 Å². The molecule has 0 saturated carbocycles. The SMILES string of the molecule is CCCCCC/C(=C/C(C)O)[Te]CCCC. The molecule has 0 fully saturated rings. The summed E-state index contributed by atoms with van der Waals surface area (Å²) in [6, 6.07) is 0. The fourth-order valence-electron chi connectivity index (χ4n) is 1.55. The van der Waals surface area contributed by atoms with Crippen molar-refractivity contribution < 1.29 is 5.11 Å². The van der Waals surface area contributed by atoms with Gasteiger partial charge in [0.1, 0.15) is 0 Å². The van der Waals surface area contributed by atoms with Crippen LogP contribution in [0.2, 0.25) is 4.47 Å². The topological polar surface area (TPSA) is 20.2 Å². The second kappa shape index (κ2) is 12.0. The maximum atomic E-state index is 9.43. The molecular weight excluding hydrogens is 312 g/mol. The van der Waals surface area contributed by atoms with Crippen molar-refractivity contribution in [2.75, 3.05) is 0 Å². The zero-order valence-corrected chi connectivity index (χ0v) is 13.5. The Bertz CT molecular complexity index is 176. The summed E-state index contributed by atoms with van der Waals surface area (Å²) < 4.78 is 3.01. The minimum absolute atomic E-state index is 0.0182. The van der Waals surface area contributed by atoms with Crippen molar-refractivity contribution in [1.29, 1.82) is 0 Å². The Labute approximate surface area is 112 Å². The van der Waals surface area contributed by atoms with Gasteiger partial charge in [0.15, 0.2) is 0 Å². The third-order valence-corrected chi connectivity index (χ3v) is 5.92. The van der Waals surface area contributed by atoms with Crippen molar-refractivity contribution in [3.63, 3.8) is 0 Å². The number of unbranched alkanes of at least 4 members (excludes halogenated alkanes) is 4. The van der Waals surface area contributed by atoms with Crippen LogP contribution >= 0.6 is 0 Å². The van der Waals surface area contributed by atoms with Crippen molar-refractivity contribution in [2.45, 2.75) is 76.3 Å². The fourth-order valence-corrected chi connectivity index (χ4v) is 5.19. The van der Waals surface area contributed by atoms with Gasteiger partial charge < -0.3 is 0 Å². The van der Waals surface area contributed by atoms with Crippen LogP contribution in [0, 0.1) is 0 Å². The molecule has 0 spiro atoms. The molecule has 0 radical (unpaired) electrons. The van der Waals surface area contributed by atoms with Gasteiger partial charge in [0.2, 0.25) is 0 Å². The van der Waals surface area contributed by atoms with Gasteiger partial charge in [0.05, 0.1) is 0 Å². The van der Waals surface area contributed by atoms with Gasteiger partial charge in [-0.15, -0.1) is 0 Å². The molecule has 1 nitrogen and oxygen atoms in total. The quantitative estimate of drug-likeness (QED) is 0.468. The Balaban J connectivity index is 3.82. The molecule has 0 saturated heterocycles. The van der Waals surface area contributed by atoms with Crippen molar-refractivity contribution in [3.05, 3.63) is 9.70 Å². The molecule has 0 aliphatic carbocycles. The van der Waals surface area contributed by atoms with E-state index in [1.54, 1.807) is 3.62 Å². The molecule has 1 N–H and O–H groups in total. The fraction of sp³-hybridized carbons (Fsp3) is 0.857. The molecule has 0 aromatic heterocycles. The molecule has 2 heteroatoms. The second-order valence-corrected chi connectivity index (χ2v) is 7.87. The predicted octanol–water partition coefficient (Wildman–Crippen LogP) is 4.14. The van der Waals surface area contributed by atoms with E-state index < -0.39 is 0 Å². The molecule has 0 amide bonds. The number of rotatable bonds is 10. The van der Waals surface area contributed by atoms with E-state index in [1.807, 2.05) is 6.92 Å². The molecule has 0 aliphatic rings. The normalized spacial score (nSPS) is 14.1. The number of allylic oxidation sites excluding steroid dienone is 1. The van der Waals surface area contributed by atoms with Gasteiger partial charge in [-0.05, 0) is 0 Å². The standard InChI is InChI=1S/C14H28OTe/c1-4-6-8-9-10-14(12-13(3)15)16-11-7-5-2/h12-13,15H,4-11H2,1-3H3/b14-12-. The van der Waals surface area contributed by atoms with Gasteiger partial charge >= 0.3 is 112 Å². The van der Waals surface area contributed by atoms with Crippen LogP contribution in [0.4, 0.5) is 0 Å². The number of hydrogen-bond donors (Lipinski definition) is 1. The van der Waals surface area contributed by atoms with Gasteiger partial charge in [-0.1, -0.05) is 0 Å². The Morgan fingerprint density at radius 2 is 1.81 bits per heavy atom. The molecule has 0 rings (SSSR count). The molecule has 0 aromatic rings. The van der Waals surface area contributed by atoms with Crippen molar-refractivity contribution >= 4 is 20.9 Å². The average molecular weight is 340 g/mol. The van der Waals surface area contributed by atoms with Gasteiger partial charge in [0.25, 0.3) is 0 Å². The molecule has 0 bridgehead atoms. The second-order valence-electron chi connectivity index (χ2n) is 4.39. The molecule has 0 aliphatic heterocycles. The van der Waals surface area contributed by atoms with Crippen molar-refractivity contribution in [3.8, 4) is 0 Å². The zero-order valence-electron chi connectivity index (χ0n) is 11.2. The van der Waals surface area contributed by atoms with Crippen LogP contribution in [0.1, 0.15) is 65.7 Å². The zero-order chi connectivity index (χ0) is 12.2. The number of hydrogen-bond acceptors (Lipinski definition) is 1. The van der Waals surface area contributed by atoms with E-state index in [2.05, 4.69) is 19.9 Å². The summed E-state index contributed by atoms with van der Waals surface area (Å²) in [5.41, 5.74) is 0. The summed E-state index contributed by atoms with van der Waals surface area (Å²) in [6.07, 6.45) is 11.1. The van der Waals surface area contributed by atoms with Crippen LogP contribution in [0.15, 0.2) is 9.70 Å². The summed E-state index contributed by atoms with van der Waals surface area (Å²) in [7, 11) is 0. The van der Waals surface area contributed by atoms with E-state index >= 15 is 0 Å². The monoisotopic (exact) mass is 342 g/mol. The first-order chi connectivity index (χ1) is 7.70. The van der Waals surface area contributed by atoms with Crippen LogP contribution in [-0.4, -0.2) is 32.1 Å². The van der Waals surface area contributed by atoms with Crippen molar-refractivity contribution in [1.82, 2.24) is 0 Å². The molecule has 1 unspecified atom stereocenters. The Kier molecular flexibility index (Phi) is 12.3. The van der Waals surface area contributed by atoms with E-state index in [-0.39, 0.29) is 27.0 Å². The minimum atomic E-state index is -0.243. The van der Waals surface area contributed by atoms with E-state index in [0.717, 1.165) is 0 Å². The summed E-state index contributed by atoms with van der Waals surface area (Å²) in [6.45, 7) is 6.38. The van der Waals surface area contributed by atoms with Crippen LogP contribution < -0.4 is 0 Å². The first-order valence-corrected chi connectivity index (χ1v) is 9.53. The number of aliphatic hydroxyl groups excluding tert-OH is 1. The summed E-state index contributed by atoms with van der Waals surface area (Å²) >= 11 is 0.0182. The maximum absolute atomic E-state index is 9.43. The van der Waals surface area contributed by atoms with Gasteiger partial charge in [0, 0.05) is 0 Å². The van der Waals surface area contributed by atoms with Crippen LogP contribution in [-0.2, 0) is 0 Å². The molecule has 0 aromatic carbocycles. The third kappa shape index (κ3) is 11.0. The van der Waals surface area contributed by atoms with Crippen LogP contribution in [0.5, 0.6) is 0 Å².